The molecule has 2 rings (SSSR count). The van der Waals surface area contributed by atoms with Gasteiger partial charge in [-0.05, 0) is 13.0 Å². The lowest BCUT2D eigenvalue weighted by atomic mass is 10.4. The van der Waals surface area contributed by atoms with Crippen molar-refractivity contribution in [2.75, 3.05) is 6.61 Å². The van der Waals surface area contributed by atoms with Crippen LogP contribution >= 0.6 is 0 Å². The smallest absolute Gasteiger partial charge is 0.354 e. The Hall–Kier alpha value is -1.78. The van der Waals surface area contributed by atoms with E-state index in [-0.39, 0.29) is 5.97 Å². The zero-order chi connectivity index (χ0) is 10.1. The first-order valence-corrected chi connectivity index (χ1v) is 4.39. The van der Waals surface area contributed by atoms with Gasteiger partial charge < -0.3 is 14.3 Å². The number of imidazole rings is 1. The van der Waals surface area contributed by atoms with Crippen LogP contribution in [0.2, 0.25) is 0 Å². The maximum Gasteiger partial charge on any atom is 0.354 e. The van der Waals surface area contributed by atoms with E-state index in [9.17, 15) is 4.79 Å². The van der Waals surface area contributed by atoms with Crippen LogP contribution in [-0.4, -0.2) is 27.1 Å². The topological polar surface area (TPSA) is 59.9 Å². The molecular formula is C9H11N3O2. The predicted octanol–water partition coefficient (Wildman–Crippen LogP) is 1.08. The Morgan fingerprint density at radius 1 is 1.71 bits per heavy atom. The van der Waals surface area contributed by atoms with Crippen molar-refractivity contribution in [3.8, 4) is 0 Å². The van der Waals surface area contributed by atoms with Crippen molar-refractivity contribution >= 4 is 17.1 Å². The van der Waals surface area contributed by atoms with E-state index in [2.05, 4.69) is 9.97 Å². The molecule has 2 heterocycles. The third-order valence-corrected chi connectivity index (χ3v) is 2.01. The lowest BCUT2D eigenvalue weighted by Gasteiger charge is -1.96. The molecule has 0 spiro atoms. The van der Waals surface area contributed by atoms with Crippen molar-refractivity contribution in [3.63, 3.8) is 0 Å². The number of hydrogen-bond donors (Lipinski definition) is 1. The maximum atomic E-state index is 11.3. The lowest BCUT2D eigenvalue weighted by Crippen LogP contribution is -2.04. The van der Waals surface area contributed by atoms with Gasteiger partial charge in [-0.1, -0.05) is 0 Å². The highest BCUT2D eigenvalue weighted by Crippen LogP contribution is 2.13. The number of carbonyl (C=O) groups excluding carboxylic acids is 1. The van der Waals surface area contributed by atoms with Gasteiger partial charge in [0.1, 0.15) is 5.69 Å². The van der Waals surface area contributed by atoms with Crippen LogP contribution in [0.3, 0.4) is 0 Å². The molecule has 0 amide bonds. The number of hydrogen-bond acceptors (Lipinski definition) is 3. The van der Waals surface area contributed by atoms with Crippen LogP contribution in [0.25, 0.3) is 11.2 Å². The highest BCUT2D eigenvalue weighted by Gasteiger charge is 2.12. The number of aromatic nitrogens is 3. The van der Waals surface area contributed by atoms with E-state index in [1.807, 2.05) is 11.6 Å². The van der Waals surface area contributed by atoms with Gasteiger partial charge in [-0.15, -0.1) is 0 Å². The number of aromatic amines is 1. The highest BCUT2D eigenvalue weighted by molar-refractivity contribution is 5.92. The van der Waals surface area contributed by atoms with Crippen molar-refractivity contribution in [2.24, 2.45) is 7.05 Å². The fraction of sp³-hybridized carbons (Fsp3) is 0.333. The molecule has 0 bridgehead atoms. The number of rotatable bonds is 2. The third kappa shape index (κ3) is 1.26. The van der Waals surface area contributed by atoms with Crippen molar-refractivity contribution in [1.82, 2.24) is 14.5 Å². The molecule has 0 saturated heterocycles. The maximum absolute atomic E-state index is 11.3. The van der Waals surface area contributed by atoms with E-state index in [1.54, 1.807) is 19.3 Å². The molecule has 0 saturated carbocycles. The molecule has 0 atom stereocenters. The van der Waals surface area contributed by atoms with Crippen molar-refractivity contribution in [3.05, 3.63) is 18.1 Å². The number of nitrogens with zero attached hydrogens (tertiary/aromatic N) is 2. The Labute approximate surface area is 80.7 Å². The van der Waals surface area contributed by atoms with Crippen molar-refractivity contribution in [1.29, 1.82) is 0 Å². The summed E-state index contributed by atoms with van der Waals surface area (Å²) in [5.41, 5.74) is 2.05. The fourth-order valence-electron chi connectivity index (χ4n) is 1.33. The van der Waals surface area contributed by atoms with Gasteiger partial charge >= 0.3 is 5.97 Å². The van der Waals surface area contributed by atoms with E-state index in [4.69, 9.17) is 4.74 Å². The SMILES string of the molecule is CCOC(=O)c1cc2c(ncn2C)[nH]1. The van der Waals surface area contributed by atoms with Crippen LogP contribution in [0.4, 0.5) is 0 Å². The molecule has 74 valence electrons. The second-order valence-electron chi connectivity index (χ2n) is 2.99. The fourth-order valence-corrected chi connectivity index (χ4v) is 1.33. The van der Waals surface area contributed by atoms with Crippen molar-refractivity contribution in [2.45, 2.75) is 6.92 Å². The number of nitrogens with one attached hydrogen (secondary N) is 1. The van der Waals surface area contributed by atoms with E-state index in [0.29, 0.717) is 17.9 Å². The number of H-pyrrole nitrogens is 1. The standard InChI is InChI=1S/C9H11N3O2/c1-3-14-9(13)6-4-7-8(11-6)10-5-12(7)2/h4-5,11H,3H2,1-2H3. The molecule has 0 radical (unpaired) electrons. The normalized spacial score (nSPS) is 10.7. The number of fused-ring (bicyclic) bond motifs is 1. The average Bonchev–Trinajstić information content (AvgIpc) is 2.69. The zero-order valence-electron chi connectivity index (χ0n) is 8.07. The second-order valence-corrected chi connectivity index (χ2v) is 2.99. The Morgan fingerprint density at radius 3 is 3.14 bits per heavy atom. The summed E-state index contributed by atoms with van der Waals surface area (Å²) in [6, 6.07) is 1.74. The molecule has 14 heavy (non-hydrogen) atoms. The Bertz CT molecular complexity index is 469. The third-order valence-electron chi connectivity index (χ3n) is 2.01. The molecule has 0 aliphatic rings. The summed E-state index contributed by atoms with van der Waals surface area (Å²) in [6.45, 7) is 2.15. The summed E-state index contributed by atoms with van der Waals surface area (Å²) in [4.78, 5) is 18.3. The molecule has 1 N–H and O–H groups in total. The van der Waals surface area contributed by atoms with Gasteiger partial charge in [-0.3, -0.25) is 0 Å². The molecule has 0 aliphatic heterocycles. The summed E-state index contributed by atoms with van der Waals surface area (Å²) in [5.74, 6) is -0.342. The van der Waals surface area contributed by atoms with Crippen LogP contribution in [-0.2, 0) is 11.8 Å². The first-order valence-electron chi connectivity index (χ1n) is 4.39. The van der Waals surface area contributed by atoms with E-state index in [1.165, 1.54) is 0 Å². The quantitative estimate of drug-likeness (QED) is 0.726. The number of ether oxygens (including phenoxy) is 1. The van der Waals surface area contributed by atoms with Gasteiger partial charge in [0.2, 0.25) is 0 Å². The van der Waals surface area contributed by atoms with Crippen LogP contribution < -0.4 is 0 Å². The largest absolute Gasteiger partial charge is 0.461 e. The molecule has 0 fully saturated rings. The van der Waals surface area contributed by atoms with Gasteiger partial charge in [-0.25, -0.2) is 9.78 Å². The minimum absolute atomic E-state index is 0.342. The highest BCUT2D eigenvalue weighted by atomic mass is 16.5. The Balaban J connectivity index is 2.40. The minimum Gasteiger partial charge on any atom is -0.461 e. The lowest BCUT2D eigenvalue weighted by molar-refractivity contribution is 0.0520. The number of esters is 1. The van der Waals surface area contributed by atoms with Crippen molar-refractivity contribution < 1.29 is 9.53 Å². The number of carbonyl (C=O) groups is 1. The minimum atomic E-state index is -0.342. The molecule has 0 aliphatic carbocycles. The van der Waals surface area contributed by atoms with E-state index >= 15 is 0 Å². The molecule has 2 aromatic heterocycles. The van der Waals surface area contributed by atoms with Gasteiger partial charge in [0.15, 0.2) is 5.65 Å². The van der Waals surface area contributed by atoms with Crippen LogP contribution in [0, 0.1) is 0 Å². The van der Waals surface area contributed by atoms with Crippen LogP contribution in [0.15, 0.2) is 12.4 Å². The Kier molecular flexibility index (Phi) is 1.99. The second kappa shape index (κ2) is 3.17. The van der Waals surface area contributed by atoms with Gasteiger partial charge in [-0.2, -0.15) is 0 Å². The number of aryl methyl sites for hydroxylation is 1. The van der Waals surface area contributed by atoms with Gasteiger partial charge in [0.25, 0.3) is 0 Å². The first kappa shape index (κ1) is 8.80. The summed E-state index contributed by atoms with van der Waals surface area (Å²) in [6.07, 6.45) is 1.69. The van der Waals surface area contributed by atoms with Crippen LogP contribution in [0.5, 0.6) is 0 Å². The molecular weight excluding hydrogens is 182 g/mol. The van der Waals surface area contributed by atoms with E-state index < -0.39 is 0 Å². The summed E-state index contributed by atoms with van der Waals surface area (Å²) in [7, 11) is 1.87. The van der Waals surface area contributed by atoms with Gasteiger partial charge in [0, 0.05) is 7.05 Å². The zero-order valence-corrected chi connectivity index (χ0v) is 8.07. The molecule has 5 nitrogen and oxygen atoms in total. The Morgan fingerprint density at radius 2 is 2.50 bits per heavy atom. The molecule has 2 aromatic rings. The van der Waals surface area contributed by atoms with E-state index in [0.717, 1.165) is 5.52 Å². The molecule has 0 unspecified atom stereocenters. The predicted molar refractivity (Wildman–Crippen MR) is 51.0 cm³/mol. The summed E-state index contributed by atoms with van der Waals surface area (Å²) in [5, 5.41) is 0. The van der Waals surface area contributed by atoms with Gasteiger partial charge in [0.05, 0.1) is 18.5 Å². The summed E-state index contributed by atoms with van der Waals surface area (Å²) >= 11 is 0. The molecule has 5 heteroatoms. The first-order chi connectivity index (χ1) is 6.72. The monoisotopic (exact) mass is 193 g/mol. The molecule has 0 aromatic carbocycles. The average molecular weight is 193 g/mol. The van der Waals surface area contributed by atoms with Crippen LogP contribution in [0.1, 0.15) is 17.4 Å². The summed E-state index contributed by atoms with van der Waals surface area (Å²) < 4.78 is 6.70.